The molecule has 0 saturated carbocycles. The fourth-order valence-corrected chi connectivity index (χ4v) is 5.69. The van der Waals surface area contributed by atoms with E-state index in [-0.39, 0.29) is 53.3 Å². The molecule has 5 aromatic rings. The zero-order valence-electron chi connectivity index (χ0n) is 30.7. The summed E-state index contributed by atoms with van der Waals surface area (Å²) >= 11 is 0. The molecule has 5 aromatic carbocycles. The van der Waals surface area contributed by atoms with Crippen LogP contribution in [0.15, 0.2) is 127 Å². The Balaban J connectivity index is 1.17. The molecule has 0 bridgehead atoms. The molecule has 0 heterocycles. The first-order valence-electron chi connectivity index (χ1n) is 17.6. The Kier molecular flexibility index (Phi) is 13.7. The number of aliphatic hydroxyl groups is 2. The van der Waals surface area contributed by atoms with Gasteiger partial charge in [-0.3, -0.25) is 0 Å². The Labute approximate surface area is 333 Å². The van der Waals surface area contributed by atoms with Crippen LogP contribution in [0.25, 0.3) is 12.2 Å². The summed E-state index contributed by atoms with van der Waals surface area (Å²) in [4.78, 5) is 25.2. The molecule has 0 aliphatic rings. The molecule has 0 radical (unpaired) electrons. The number of nitrogens with two attached hydrogens (primary N) is 2. The number of benzene rings is 5. The largest absolute Gasteiger partial charge is 0.573 e. The highest BCUT2D eigenvalue weighted by Crippen LogP contribution is 2.35. The van der Waals surface area contributed by atoms with Gasteiger partial charge < -0.3 is 40.6 Å². The minimum absolute atomic E-state index is 0.00417. The van der Waals surface area contributed by atoms with E-state index >= 15 is 0 Å². The number of alkyl halides is 6. The van der Waals surface area contributed by atoms with Gasteiger partial charge in [0.25, 0.3) is 0 Å². The van der Waals surface area contributed by atoms with Gasteiger partial charge in [0.2, 0.25) is 0 Å². The van der Waals surface area contributed by atoms with E-state index in [1.807, 2.05) is 0 Å². The van der Waals surface area contributed by atoms with Crippen LogP contribution >= 0.6 is 0 Å². The molecule has 0 spiro atoms. The molecule has 0 saturated heterocycles. The monoisotopic (exact) mass is 822 g/mol. The maximum Gasteiger partial charge on any atom is 0.573 e. The molecule has 2 atom stereocenters. The normalized spacial score (nSPS) is 13.5. The summed E-state index contributed by atoms with van der Waals surface area (Å²) in [5, 5.41) is 23.3. The van der Waals surface area contributed by atoms with Crippen molar-refractivity contribution in [2.45, 2.75) is 43.7 Å². The fourth-order valence-electron chi connectivity index (χ4n) is 5.69. The van der Waals surface area contributed by atoms with E-state index in [0.29, 0.717) is 16.7 Å². The number of nitrogen functional groups attached to an aromatic ring is 2. The molecule has 0 aliphatic heterocycles. The molecule has 0 fully saturated rings. The molecule has 59 heavy (non-hydrogen) atoms. The minimum atomic E-state index is -4.86. The van der Waals surface area contributed by atoms with E-state index in [4.69, 9.17) is 20.9 Å². The molecule has 6 N–H and O–H groups in total. The number of esters is 2. The van der Waals surface area contributed by atoms with Crippen LogP contribution < -0.4 is 30.4 Å². The number of aliphatic hydroxyl groups excluding tert-OH is 1. The van der Waals surface area contributed by atoms with Gasteiger partial charge in [-0.15, -0.1) is 26.3 Å². The molecule has 308 valence electrons. The standard InChI is InChI=1S/C43H36F6N2O8/c44-42(45,46)58-36-19-15-34(16-20-36)56-39(53)29-11-7-27(8-12-29)4-1-2-23-41(55,31-24-32(50)26-33(51)25-31)38(52)6-3-5-28-9-13-30(14-10-28)40(54)57-35-17-21-37(22-18-35)59-43(47,48)49/h1,3-5,7-22,24-26,38,52,55H,2,6,23,50-51H2/b4-1+,5-3+. The average molecular weight is 823 g/mol. The van der Waals surface area contributed by atoms with Crippen LogP contribution in [0.3, 0.4) is 0 Å². The maximum atomic E-state index is 12.6. The topological polar surface area (TPSA) is 164 Å². The molecular weight excluding hydrogens is 786 g/mol. The van der Waals surface area contributed by atoms with Crippen molar-refractivity contribution in [1.29, 1.82) is 0 Å². The molecule has 16 heteroatoms. The summed E-state index contributed by atoms with van der Waals surface area (Å²) in [6, 6.07) is 25.8. The summed E-state index contributed by atoms with van der Waals surface area (Å²) in [7, 11) is 0. The van der Waals surface area contributed by atoms with Crippen LogP contribution in [0.2, 0.25) is 0 Å². The third-order valence-corrected chi connectivity index (χ3v) is 8.53. The van der Waals surface area contributed by atoms with Crippen LogP contribution in [0.5, 0.6) is 23.0 Å². The zero-order valence-corrected chi connectivity index (χ0v) is 30.7. The highest BCUT2D eigenvalue weighted by Gasteiger charge is 2.37. The SMILES string of the molecule is Nc1cc(N)cc(C(O)(CC/C=C/c2ccc(C(=O)Oc3ccc(OC(F)(F)F)cc3)cc2)C(O)C/C=C/c2ccc(C(=O)Oc3ccc(OC(F)(F)F)cc3)cc2)c1. The van der Waals surface area contributed by atoms with Crippen molar-refractivity contribution in [3.8, 4) is 23.0 Å². The first kappa shape index (κ1) is 43.3. The third-order valence-electron chi connectivity index (χ3n) is 8.53. The van der Waals surface area contributed by atoms with Crippen molar-refractivity contribution in [3.05, 3.63) is 155 Å². The van der Waals surface area contributed by atoms with Crippen molar-refractivity contribution >= 4 is 35.5 Å². The van der Waals surface area contributed by atoms with Gasteiger partial charge in [0, 0.05) is 11.4 Å². The number of carbonyl (C=O) groups is 2. The van der Waals surface area contributed by atoms with Crippen LogP contribution in [0, 0.1) is 0 Å². The molecule has 10 nitrogen and oxygen atoms in total. The van der Waals surface area contributed by atoms with Crippen molar-refractivity contribution in [3.63, 3.8) is 0 Å². The van der Waals surface area contributed by atoms with E-state index in [0.717, 1.165) is 36.4 Å². The number of hydrogen-bond donors (Lipinski definition) is 4. The van der Waals surface area contributed by atoms with Gasteiger partial charge in [-0.05, 0) is 127 Å². The number of rotatable bonds is 15. The minimum Gasteiger partial charge on any atom is -0.423 e. The summed E-state index contributed by atoms with van der Waals surface area (Å²) in [5.74, 6) is -2.37. The van der Waals surface area contributed by atoms with Crippen molar-refractivity contribution < 1.29 is 65.1 Å². The Morgan fingerprint density at radius 1 is 0.593 bits per heavy atom. The predicted octanol–water partition coefficient (Wildman–Crippen LogP) is 9.23. The van der Waals surface area contributed by atoms with Gasteiger partial charge in [0.05, 0.1) is 17.2 Å². The van der Waals surface area contributed by atoms with E-state index in [1.165, 1.54) is 54.6 Å². The van der Waals surface area contributed by atoms with Gasteiger partial charge in [0.1, 0.15) is 28.6 Å². The summed E-state index contributed by atoms with van der Waals surface area (Å²) in [5.41, 5.74) is 12.8. The number of ether oxygens (including phenoxy) is 4. The average Bonchev–Trinajstić information content (AvgIpc) is 3.17. The van der Waals surface area contributed by atoms with E-state index < -0.39 is 47.9 Å². The lowest BCUT2D eigenvalue weighted by molar-refractivity contribution is -0.275. The van der Waals surface area contributed by atoms with Crippen LogP contribution in [-0.2, 0) is 5.60 Å². The van der Waals surface area contributed by atoms with Crippen LogP contribution in [0.1, 0.15) is 56.7 Å². The molecule has 0 aliphatic carbocycles. The number of carbonyl (C=O) groups excluding carboxylic acids is 2. The summed E-state index contributed by atoms with van der Waals surface area (Å²) in [6.45, 7) is 0. The predicted molar refractivity (Wildman–Crippen MR) is 206 cm³/mol. The number of hydrogen-bond acceptors (Lipinski definition) is 10. The highest BCUT2D eigenvalue weighted by molar-refractivity contribution is 5.92. The summed E-state index contributed by atoms with van der Waals surface area (Å²) in [6.07, 6.45) is -3.87. The van der Waals surface area contributed by atoms with E-state index in [9.17, 15) is 46.1 Å². The van der Waals surface area contributed by atoms with Crippen molar-refractivity contribution in [2.75, 3.05) is 11.5 Å². The molecule has 2 unspecified atom stereocenters. The quantitative estimate of drug-likeness (QED) is 0.0347. The number of halogens is 6. The lowest BCUT2D eigenvalue weighted by atomic mass is 9.82. The third kappa shape index (κ3) is 13.1. The Bertz CT molecular complexity index is 2240. The lowest BCUT2D eigenvalue weighted by Crippen LogP contribution is -2.39. The lowest BCUT2D eigenvalue weighted by Gasteiger charge is -2.33. The number of anilines is 2. The van der Waals surface area contributed by atoms with Gasteiger partial charge >= 0.3 is 24.7 Å². The Morgan fingerprint density at radius 3 is 1.39 bits per heavy atom. The second-order valence-electron chi connectivity index (χ2n) is 13.0. The second-order valence-corrected chi connectivity index (χ2v) is 13.0. The van der Waals surface area contributed by atoms with Crippen LogP contribution in [-0.4, -0.2) is 41.0 Å². The van der Waals surface area contributed by atoms with Gasteiger partial charge in [-0.25, -0.2) is 9.59 Å². The van der Waals surface area contributed by atoms with Gasteiger partial charge in [-0.1, -0.05) is 48.6 Å². The first-order chi connectivity index (χ1) is 27.8. The van der Waals surface area contributed by atoms with E-state index in [1.54, 1.807) is 48.6 Å². The molecule has 0 aromatic heterocycles. The molecule has 0 amide bonds. The van der Waals surface area contributed by atoms with Crippen molar-refractivity contribution in [2.24, 2.45) is 0 Å². The second kappa shape index (κ2) is 18.7. The molecule has 5 rings (SSSR count). The number of allylic oxidation sites excluding steroid dienone is 1. The fraction of sp³-hybridized carbons (Fsp3) is 0.163. The summed E-state index contributed by atoms with van der Waals surface area (Å²) < 4.78 is 92.4. The Morgan fingerprint density at radius 2 is 0.983 bits per heavy atom. The molecular formula is C43H36F6N2O8. The van der Waals surface area contributed by atoms with Gasteiger partial charge in [-0.2, -0.15) is 0 Å². The Hall–Kier alpha value is -6.78. The maximum absolute atomic E-state index is 12.6. The first-order valence-corrected chi connectivity index (χ1v) is 17.6. The van der Waals surface area contributed by atoms with Crippen LogP contribution in [0.4, 0.5) is 37.7 Å². The van der Waals surface area contributed by atoms with Gasteiger partial charge in [0.15, 0.2) is 0 Å². The smallest absolute Gasteiger partial charge is 0.423 e. The highest BCUT2D eigenvalue weighted by atomic mass is 19.4. The van der Waals surface area contributed by atoms with Crippen molar-refractivity contribution in [1.82, 2.24) is 0 Å². The van der Waals surface area contributed by atoms with E-state index in [2.05, 4.69) is 9.47 Å². The zero-order chi connectivity index (χ0) is 42.8.